The topological polar surface area (TPSA) is 46.1 Å². The quantitative estimate of drug-likeness (QED) is 0.401. The van der Waals surface area contributed by atoms with E-state index in [1.807, 2.05) is 14.1 Å². The second-order valence-electron chi connectivity index (χ2n) is 7.02. The summed E-state index contributed by atoms with van der Waals surface area (Å²) in [6.45, 7) is 8.00. The fraction of sp³-hybridized carbons (Fsp3) is 0.650. The van der Waals surface area contributed by atoms with E-state index >= 15 is 0 Å². The molecule has 25 heavy (non-hydrogen) atoms. The van der Waals surface area contributed by atoms with Crippen LogP contribution in [-0.4, -0.2) is 50.8 Å². The number of likely N-dealkylation sites (N-methyl/N-ethyl adjacent to an activating group) is 1. The van der Waals surface area contributed by atoms with Crippen LogP contribution in [0.15, 0.2) is 29.3 Å². The van der Waals surface area contributed by atoms with Crippen LogP contribution in [-0.2, 0) is 22.6 Å². The molecule has 0 radical (unpaired) electrons. The van der Waals surface area contributed by atoms with Gasteiger partial charge in [-0.05, 0) is 43.7 Å². The van der Waals surface area contributed by atoms with Gasteiger partial charge in [0.1, 0.15) is 0 Å². The predicted molar refractivity (Wildman–Crippen MR) is 103 cm³/mol. The van der Waals surface area contributed by atoms with Crippen LogP contribution in [0.1, 0.15) is 37.8 Å². The van der Waals surface area contributed by atoms with Gasteiger partial charge in [-0.2, -0.15) is 0 Å². The molecule has 0 saturated heterocycles. The van der Waals surface area contributed by atoms with Gasteiger partial charge < -0.3 is 19.7 Å². The van der Waals surface area contributed by atoms with Gasteiger partial charge in [-0.1, -0.05) is 24.3 Å². The first-order valence-corrected chi connectivity index (χ1v) is 9.27. The summed E-state index contributed by atoms with van der Waals surface area (Å²) >= 11 is 0. The normalized spacial score (nSPS) is 14.8. The number of benzene rings is 1. The summed E-state index contributed by atoms with van der Waals surface area (Å²) < 4.78 is 11.4. The molecule has 0 amide bonds. The van der Waals surface area contributed by atoms with E-state index in [9.17, 15) is 0 Å². The first kappa shape index (κ1) is 19.7. The molecule has 0 bridgehead atoms. The smallest absolute Gasteiger partial charge is 0.193 e. The van der Waals surface area contributed by atoms with Crippen molar-refractivity contribution in [1.82, 2.24) is 10.2 Å². The summed E-state index contributed by atoms with van der Waals surface area (Å²) in [4.78, 5) is 6.47. The summed E-state index contributed by atoms with van der Waals surface area (Å²) in [6.07, 6.45) is 2.91. The van der Waals surface area contributed by atoms with Gasteiger partial charge in [0, 0.05) is 33.8 Å². The number of nitrogens with one attached hydrogen (secondary N) is 1. The Morgan fingerprint density at radius 1 is 1.32 bits per heavy atom. The molecular formula is C20H33N3O2. The molecule has 140 valence electrons. The monoisotopic (exact) mass is 347 g/mol. The second kappa shape index (κ2) is 10.4. The van der Waals surface area contributed by atoms with Crippen molar-refractivity contribution in [1.29, 1.82) is 0 Å². The highest BCUT2D eigenvalue weighted by atomic mass is 16.5. The van der Waals surface area contributed by atoms with Gasteiger partial charge in [0.15, 0.2) is 5.96 Å². The zero-order valence-corrected chi connectivity index (χ0v) is 16.1. The lowest BCUT2D eigenvalue weighted by Crippen LogP contribution is -2.40. The summed E-state index contributed by atoms with van der Waals surface area (Å²) in [5, 5.41) is 3.42. The van der Waals surface area contributed by atoms with Crippen LogP contribution >= 0.6 is 0 Å². The minimum atomic E-state index is 0.247. The Balaban J connectivity index is 1.74. The molecular weight excluding hydrogens is 314 g/mol. The number of aliphatic imine (C=N–C) groups is 1. The summed E-state index contributed by atoms with van der Waals surface area (Å²) in [5.74, 6) is 1.70. The van der Waals surface area contributed by atoms with Crippen molar-refractivity contribution in [3.05, 3.63) is 35.4 Å². The highest BCUT2D eigenvalue weighted by molar-refractivity contribution is 5.79. The summed E-state index contributed by atoms with van der Waals surface area (Å²) in [7, 11) is 3.86. The van der Waals surface area contributed by atoms with Crippen LogP contribution in [0.4, 0.5) is 0 Å². The maximum absolute atomic E-state index is 5.71. The van der Waals surface area contributed by atoms with Gasteiger partial charge in [-0.15, -0.1) is 0 Å². The Kier molecular flexibility index (Phi) is 8.22. The van der Waals surface area contributed by atoms with E-state index in [1.165, 1.54) is 24.0 Å². The molecule has 1 aromatic carbocycles. The highest BCUT2D eigenvalue weighted by Gasteiger charge is 2.21. The number of hydrogen-bond donors (Lipinski definition) is 1. The second-order valence-corrected chi connectivity index (χ2v) is 7.02. The van der Waals surface area contributed by atoms with Crippen molar-refractivity contribution >= 4 is 5.96 Å². The van der Waals surface area contributed by atoms with E-state index in [-0.39, 0.29) is 6.10 Å². The third-order valence-electron chi connectivity index (χ3n) is 4.22. The SMILES string of the molecule is CN=C(NCc1cccc(COC(C)C)c1)N(C)CCOCC1CC1. The first-order chi connectivity index (χ1) is 12.1. The number of nitrogens with zero attached hydrogens (tertiary/aromatic N) is 2. The molecule has 0 unspecified atom stereocenters. The lowest BCUT2D eigenvalue weighted by atomic mass is 10.1. The van der Waals surface area contributed by atoms with Crippen molar-refractivity contribution in [3.8, 4) is 0 Å². The Bertz CT molecular complexity index is 541. The maximum Gasteiger partial charge on any atom is 0.193 e. The van der Waals surface area contributed by atoms with E-state index in [0.29, 0.717) is 6.61 Å². The lowest BCUT2D eigenvalue weighted by molar-refractivity contribution is 0.0657. The van der Waals surface area contributed by atoms with Crippen LogP contribution in [0.3, 0.4) is 0 Å². The average Bonchev–Trinajstić information content (AvgIpc) is 3.42. The van der Waals surface area contributed by atoms with E-state index in [1.54, 1.807) is 0 Å². The Morgan fingerprint density at radius 3 is 2.76 bits per heavy atom. The van der Waals surface area contributed by atoms with E-state index in [0.717, 1.165) is 38.2 Å². The lowest BCUT2D eigenvalue weighted by Gasteiger charge is -2.22. The van der Waals surface area contributed by atoms with E-state index in [2.05, 4.69) is 53.3 Å². The number of guanidine groups is 1. The van der Waals surface area contributed by atoms with Gasteiger partial charge in [-0.3, -0.25) is 4.99 Å². The molecule has 0 atom stereocenters. The predicted octanol–water partition coefficient (Wildman–Crippen LogP) is 3.05. The van der Waals surface area contributed by atoms with Gasteiger partial charge in [0.05, 0.1) is 19.3 Å². The molecule has 5 nitrogen and oxygen atoms in total. The Labute approximate surface area is 152 Å². The standard InChI is InChI=1S/C20H33N3O2/c1-16(2)25-15-19-7-5-6-18(12-19)13-22-20(21-3)23(4)10-11-24-14-17-8-9-17/h5-7,12,16-17H,8-11,13-15H2,1-4H3,(H,21,22). The molecule has 1 aliphatic rings. The minimum Gasteiger partial charge on any atom is -0.379 e. The molecule has 2 rings (SSSR count). The molecule has 1 aromatic rings. The molecule has 5 heteroatoms. The van der Waals surface area contributed by atoms with Crippen LogP contribution in [0.25, 0.3) is 0 Å². The van der Waals surface area contributed by atoms with Gasteiger partial charge >= 0.3 is 0 Å². The zero-order valence-electron chi connectivity index (χ0n) is 16.1. The van der Waals surface area contributed by atoms with Gasteiger partial charge in [0.25, 0.3) is 0 Å². The van der Waals surface area contributed by atoms with Crippen LogP contribution in [0, 0.1) is 5.92 Å². The highest BCUT2D eigenvalue weighted by Crippen LogP contribution is 2.28. The third kappa shape index (κ3) is 7.88. The molecule has 1 saturated carbocycles. The van der Waals surface area contributed by atoms with E-state index < -0.39 is 0 Å². The molecule has 1 N–H and O–H groups in total. The summed E-state index contributed by atoms with van der Waals surface area (Å²) in [6, 6.07) is 8.48. The van der Waals surface area contributed by atoms with Crippen molar-refractivity contribution < 1.29 is 9.47 Å². The van der Waals surface area contributed by atoms with Crippen LogP contribution in [0.5, 0.6) is 0 Å². The number of rotatable bonds is 10. The van der Waals surface area contributed by atoms with Crippen LogP contribution < -0.4 is 5.32 Å². The van der Waals surface area contributed by atoms with Crippen molar-refractivity contribution in [2.24, 2.45) is 10.9 Å². The third-order valence-corrected chi connectivity index (χ3v) is 4.22. The van der Waals surface area contributed by atoms with Crippen molar-refractivity contribution in [2.75, 3.05) is 33.9 Å². The number of ether oxygens (including phenoxy) is 2. The first-order valence-electron chi connectivity index (χ1n) is 9.27. The van der Waals surface area contributed by atoms with Gasteiger partial charge in [-0.25, -0.2) is 0 Å². The summed E-state index contributed by atoms with van der Waals surface area (Å²) in [5.41, 5.74) is 2.43. The molecule has 0 spiro atoms. The molecule has 1 fully saturated rings. The van der Waals surface area contributed by atoms with Crippen molar-refractivity contribution in [2.45, 2.75) is 45.9 Å². The fourth-order valence-electron chi connectivity index (χ4n) is 2.50. The van der Waals surface area contributed by atoms with Crippen molar-refractivity contribution in [3.63, 3.8) is 0 Å². The van der Waals surface area contributed by atoms with Gasteiger partial charge in [0.2, 0.25) is 0 Å². The fourth-order valence-corrected chi connectivity index (χ4v) is 2.50. The molecule has 0 heterocycles. The Hall–Kier alpha value is -1.59. The van der Waals surface area contributed by atoms with E-state index in [4.69, 9.17) is 9.47 Å². The largest absolute Gasteiger partial charge is 0.379 e. The minimum absolute atomic E-state index is 0.247. The van der Waals surface area contributed by atoms with Crippen LogP contribution in [0.2, 0.25) is 0 Å². The Morgan fingerprint density at radius 2 is 2.08 bits per heavy atom. The zero-order chi connectivity index (χ0) is 18.1. The molecule has 0 aliphatic heterocycles. The number of hydrogen-bond acceptors (Lipinski definition) is 3. The average molecular weight is 348 g/mol. The molecule has 1 aliphatic carbocycles. The maximum atomic E-state index is 5.71. The molecule has 0 aromatic heterocycles.